The Bertz CT molecular complexity index is 266. The number of unbranched alkanes of at least 4 members (excludes halogenated alkanes) is 1. The molecule has 19 heavy (non-hydrogen) atoms. The molecule has 1 atom stereocenters. The third kappa shape index (κ3) is 18.9. The van der Waals surface area contributed by atoms with Crippen molar-refractivity contribution in [3.8, 4) is 0 Å². The van der Waals surface area contributed by atoms with E-state index < -0.39 is 23.9 Å². The zero-order chi connectivity index (χ0) is 15.3. The van der Waals surface area contributed by atoms with Crippen LogP contribution in [0.5, 0.6) is 0 Å². The first-order chi connectivity index (χ1) is 8.81. The minimum Gasteiger partial charge on any atom is -0.481 e. The molecule has 8 nitrogen and oxygen atoms in total. The summed E-state index contributed by atoms with van der Waals surface area (Å²) in [6.45, 7) is 0.501. The quantitative estimate of drug-likeness (QED) is 0.363. The molecule has 0 spiro atoms. The number of nitrogens with two attached hydrogens (primary N) is 2. The Hall–Kier alpha value is -1.67. The van der Waals surface area contributed by atoms with Gasteiger partial charge in [-0.15, -0.1) is 0 Å². The van der Waals surface area contributed by atoms with Gasteiger partial charge < -0.3 is 26.8 Å². The smallest absolute Gasteiger partial charge is 0.320 e. The second kappa shape index (κ2) is 12.8. The average molecular weight is 278 g/mol. The highest BCUT2D eigenvalue weighted by Gasteiger charge is 2.08. The molecule has 0 radical (unpaired) electrons. The summed E-state index contributed by atoms with van der Waals surface area (Å²) < 4.78 is 0. The predicted octanol–water partition coefficient (Wildman–Crippen LogP) is -0.147. The SMILES string of the molecule is NCCC[C@H](N)C(=O)O.O=C(O)CCCCC(=O)O. The van der Waals surface area contributed by atoms with Crippen molar-refractivity contribution in [3.63, 3.8) is 0 Å². The van der Waals surface area contributed by atoms with Gasteiger partial charge in [0, 0.05) is 12.8 Å². The fourth-order valence-corrected chi connectivity index (χ4v) is 1.01. The number of rotatable bonds is 9. The molecule has 0 rings (SSSR count). The highest BCUT2D eigenvalue weighted by atomic mass is 16.4. The highest BCUT2D eigenvalue weighted by Crippen LogP contribution is 1.98. The van der Waals surface area contributed by atoms with Crippen LogP contribution in [-0.4, -0.2) is 45.8 Å². The summed E-state index contributed by atoms with van der Waals surface area (Å²) in [6, 6.07) is -0.742. The molecule has 0 aromatic rings. The van der Waals surface area contributed by atoms with E-state index in [0.717, 1.165) is 0 Å². The van der Waals surface area contributed by atoms with Crippen molar-refractivity contribution in [1.82, 2.24) is 0 Å². The van der Waals surface area contributed by atoms with Gasteiger partial charge in [-0.3, -0.25) is 14.4 Å². The van der Waals surface area contributed by atoms with Gasteiger partial charge in [0.15, 0.2) is 0 Å². The van der Waals surface area contributed by atoms with Crippen molar-refractivity contribution in [2.24, 2.45) is 11.5 Å². The molecule has 0 heterocycles. The minimum absolute atomic E-state index is 0.0628. The topological polar surface area (TPSA) is 164 Å². The molecule has 0 aliphatic carbocycles. The van der Waals surface area contributed by atoms with Crippen molar-refractivity contribution >= 4 is 17.9 Å². The van der Waals surface area contributed by atoms with E-state index in [1.54, 1.807) is 0 Å². The Labute approximate surface area is 111 Å². The highest BCUT2D eigenvalue weighted by molar-refractivity contribution is 5.72. The molecule has 0 aliphatic heterocycles. The van der Waals surface area contributed by atoms with Crippen LogP contribution in [0.3, 0.4) is 0 Å². The van der Waals surface area contributed by atoms with Gasteiger partial charge in [0.2, 0.25) is 0 Å². The third-order valence-corrected chi connectivity index (χ3v) is 2.07. The maximum absolute atomic E-state index is 10.0. The van der Waals surface area contributed by atoms with Crippen LogP contribution in [0.25, 0.3) is 0 Å². The van der Waals surface area contributed by atoms with Crippen LogP contribution in [0.2, 0.25) is 0 Å². The molecule has 0 saturated carbocycles. The van der Waals surface area contributed by atoms with Gasteiger partial charge in [-0.25, -0.2) is 0 Å². The number of carbonyl (C=O) groups is 3. The molecule has 0 amide bonds. The second-order valence-electron chi connectivity index (χ2n) is 3.87. The second-order valence-corrected chi connectivity index (χ2v) is 3.87. The van der Waals surface area contributed by atoms with E-state index >= 15 is 0 Å². The van der Waals surface area contributed by atoms with Crippen LogP contribution in [0.4, 0.5) is 0 Å². The van der Waals surface area contributed by atoms with Gasteiger partial charge in [-0.2, -0.15) is 0 Å². The van der Waals surface area contributed by atoms with E-state index in [9.17, 15) is 14.4 Å². The summed E-state index contributed by atoms with van der Waals surface area (Å²) in [7, 11) is 0. The van der Waals surface area contributed by atoms with E-state index in [-0.39, 0.29) is 12.8 Å². The molecule has 0 unspecified atom stereocenters. The van der Waals surface area contributed by atoms with E-state index in [0.29, 0.717) is 32.2 Å². The number of carboxylic acids is 3. The van der Waals surface area contributed by atoms with Gasteiger partial charge in [0.25, 0.3) is 0 Å². The maximum atomic E-state index is 10.0. The van der Waals surface area contributed by atoms with Crippen LogP contribution in [0.15, 0.2) is 0 Å². The fraction of sp³-hybridized carbons (Fsp3) is 0.727. The minimum atomic E-state index is -0.955. The van der Waals surface area contributed by atoms with Crippen LogP contribution in [0.1, 0.15) is 38.5 Å². The maximum Gasteiger partial charge on any atom is 0.320 e. The van der Waals surface area contributed by atoms with Crippen molar-refractivity contribution < 1.29 is 29.7 Å². The van der Waals surface area contributed by atoms with Crippen LogP contribution < -0.4 is 11.5 Å². The summed E-state index contributed by atoms with van der Waals surface area (Å²) >= 11 is 0. The van der Waals surface area contributed by atoms with E-state index in [2.05, 4.69) is 0 Å². The Balaban J connectivity index is 0. The lowest BCUT2D eigenvalue weighted by atomic mass is 10.2. The molecule has 7 N–H and O–H groups in total. The first kappa shape index (κ1) is 19.7. The summed E-state index contributed by atoms with van der Waals surface area (Å²) in [5.74, 6) is -2.70. The van der Waals surface area contributed by atoms with Crippen molar-refractivity contribution in [1.29, 1.82) is 0 Å². The van der Waals surface area contributed by atoms with Crippen LogP contribution >= 0.6 is 0 Å². The molecular formula is C11H22N2O6. The fourth-order valence-electron chi connectivity index (χ4n) is 1.01. The van der Waals surface area contributed by atoms with Gasteiger partial charge >= 0.3 is 17.9 Å². The van der Waals surface area contributed by atoms with E-state index in [1.165, 1.54) is 0 Å². The van der Waals surface area contributed by atoms with E-state index in [4.69, 9.17) is 26.8 Å². The molecule has 0 bridgehead atoms. The number of hydrogen-bond acceptors (Lipinski definition) is 5. The molecular weight excluding hydrogens is 256 g/mol. The molecule has 0 aromatic carbocycles. The predicted molar refractivity (Wildman–Crippen MR) is 67.6 cm³/mol. The first-order valence-electron chi connectivity index (χ1n) is 5.93. The molecule has 0 aliphatic rings. The van der Waals surface area contributed by atoms with Crippen molar-refractivity contribution in [3.05, 3.63) is 0 Å². The largest absolute Gasteiger partial charge is 0.481 e. The number of carboxylic acid groups (broad SMARTS) is 3. The van der Waals surface area contributed by atoms with Gasteiger partial charge in [-0.05, 0) is 32.2 Å². The zero-order valence-corrected chi connectivity index (χ0v) is 10.7. The van der Waals surface area contributed by atoms with Gasteiger partial charge in [0.05, 0.1) is 0 Å². The lowest BCUT2D eigenvalue weighted by Gasteiger charge is -2.02. The average Bonchev–Trinajstić information content (AvgIpc) is 2.31. The van der Waals surface area contributed by atoms with Gasteiger partial charge in [0.1, 0.15) is 6.04 Å². The summed E-state index contributed by atoms with van der Waals surface area (Å²) in [6.07, 6.45) is 2.16. The number of hydrogen-bond donors (Lipinski definition) is 5. The van der Waals surface area contributed by atoms with Crippen molar-refractivity contribution in [2.45, 2.75) is 44.6 Å². The lowest BCUT2D eigenvalue weighted by Crippen LogP contribution is -2.30. The van der Waals surface area contributed by atoms with Crippen LogP contribution in [0, 0.1) is 0 Å². The molecule has 8 heteroatoms. The molecule has 0 fully saturated rings. The van der Waals surface area contributed by atoms with Gasteiger partial charge in [-0.1, -0.05) is 0 Å². The standard InChI is InChI=1S/C6H10O4.C5H12N2O2/c7-5(8)3-1-2-4-6(9)10;6-3-1-2-4(7)5(8)9/h1-4H2,(H,7,8)(H,9,10);4H,1-3,6-7H2,(H,8,9)/t;4-/m.0/s1. The van der Waals surface area contributed by atoms with Crippen molar-refractivity contribution in [2.75, 3.05) is 6.54 Å². The molecule has 112 valence electrons. The Morgan fingerprint density at radius 3 is 1.58 bits per heavy atom. The molecule has 0 aromatic heterocycles. The normalized spacial score (nSPS) is 11.1. The summed E-state index contributed by atoms with van der Waals surface area (Å²) in [5.41, 5.74) is 10.3. The first-order valence-corrected chi connectivity index (χ1v) is 5.93. The lowest BCUT2D eigenvalue weighted by molar-refractivity contribution is -0.139. The number of aliphatic carboxylic acids is 3. The Kier molecular flexibility index (Phi) is 13.2. The van der Waals surface area contributed by atoms with Crippen LogP contribution in [-0.2, 0) is 14.4 Å². The summed E-state index contributed by atoms with van der Waals surface area (Å²) in [4.78, 5) is 29.8. The van der Waals surface area contributed by atoms with E-state index in [1.807, 2.05) is 0 Å². The third-order valence-electron chi connectivity index (χ3n) is 2.07. The summed E-state index contributed by atoms with van der Waals surface area (Å²) in [5, 5.41) is 24.5. The molecule has 0 saturated heterocycles. The Morgan fingerprint density at radius 2 is 1.32 bits per heavy atom. The monoisotopic (exact) mass is 278 g/mol. The zero-order valence-electron chi connectivity index (χ0n) is 10.7. The Morgan fingerprint density at radius 1 is 0.895 bits per heavy atom.